The third kappa shape index (κ3) is 4.06. The first-order valence-electron chi connectivity index (χ1n) is 4.69. The van der Waals surface area contributed by atoms with Crippen LogP contribution in [0.3, 0.4) is 0 Å². The zero-order valence-corrected chi connectivity index (χ0v) is 8.85. The molecule has 1 amide bonds. The number of carbonyl (C=O) groups excluding carboxylic acids is 1. The first-order valence-corrected chi connectivity index (χ1v) is 6.51. The number of sulfone groups is 1. The van der Waals surface area contributed by atoms with Gasteiger partial charge in [-0.3, -0.25) is 4.79 Å². The molecule has 82 valence electrons. The van der Waals surface area contributed by atoms with E-state index in [9.17, 15) is 13.2 Å². The SMILES string of the molecule is NC(=O)CCNCC1CCS(=O)(=O)C1. The topological polar surface area (TPSA) is 89.3 Å². The van der Waals surface area contributed by atoms with Crippen LogP contribution in [-0.2, 0) is 14.6 Å². The first kappa shape index (κ1) is 11.5. The minimum atomic E-state index is -2.78. The second kappa shape index (κ2) is 4.75. The molecule has 1 atom stereocenters. The van der Waals surface area contributed by atoms with Gasteiger partial charge in [-0.25, -0.2) is 8.42 Å². The van der Waals surface area contributed by atoms with E-state index in [1.807, 2.05) is 0 Å². The van der Waals surface area contributed by atoms with Crippen LogP contribution in [0.4, 0.5) is 0 Å². The Kier molecular flexibility index (Phi) is 3.88. The maximum absolute atomic E-state index is 11.1. The summed E-state index contributed by atoms with van der Waals surface area (Å²) in [5.41, 5.74) is 4.95. The maximum atomic E-state index is 11.1. The van der Waals surface area contributed by atoms with Gasteiger partial charge in [0.2, 0.25) is 5.91 Å². The standard InChI is InChI=1S/C8H16N2O3S/c9-8(11)1-3-10-5-7-2-4-14(12,13)6-7/h7,10H,1-6H2,(H2,9,11). The molecule has 5 nitrogen and oxygen atoms in total. The molecule has 0 saturated carbocycles. The van der Waals surface area contributed by atoms with Crippen molar-refractivity contribution < 1.29 is 13.2 Å². The van der Waals surface area contributed by atoms with Crippen LogP contribution >= 0.6 is 0 Å². The van der Waals surface area contributed by atoms with E-state index in [1.165, 1.54) is 0 Å². The van der Waals surface area contributed by atoms with Gasteiger partial charge in [0, 0.05) is 13.0 Å². The summed E-state index contributed by atoms with van der Waals surface area (Å²) in [5, 5.41) is 3.03. The van der Waals surface area contributed by atoms with Crippen LogP contribution in [0, 0.1) is 5.92 Å². The molecule has 0 aromatic heterocycles. The van der Waals surface area contributed by atoms with Gasteiger partial charge >= 0.3 is 0 Å². The van der Waals surface area contributed by atoms with Gasteiger partial charge in [0.05, 0.1) is 11.5 Å². The minimum absolute atomic E-state index is 0.202. The average Bonchev–Trinajstić information content (AvgIpc) is 2.39. The zero-order chi connectivity index (χ0) is 10.6. The summed E-state index contributed by atoms with van der Waals surface area (Å²) in [7, 11) is -2.78. The highest BCUT2D eigenvalue weighted by Gasteiger charge is 2.27. The number of rotatable bonds is 5. The minimum Gasteiger partial charge on any atom is -0.370 e. The van der Waals surface area contributed by atoms with Gasteiger partial charge in [-0.2, -0.15) is 0 Å². The van der Waals surface area contributed by atoms with Crippen molar-refractivity contribution in [2.75, 3.05) is 24.6 Å². The molecule has 1 aliphatic heterocycles. The average molecular weight is 220 g/mol. The molecule has 1 heterocycles. The largest absolute Gasteiger partial charge is 0.370 e. The van der Waals surface area contributed by atoms with E-state index < -0.39 is 9.84 Å². The quantitative estimate of drug-likeness (QED) is 0.575. The summed E-state index contributed by atoms with van der Waals surface area (Å²) in [6, 6.07) is 0. The summed E-state index contributed by atoms with van der Waals surface area (Å²) in [5.74, 6) is 0.440. The molecule has 0 spiro atoms. The number of amides is 1. The van der Waals surface area contributed by atoms with E-state index in [4.69, 9.17) is 5.73 Å². The lowest BCUT2D eigenvalue weighted by molar-refractivity contribution is -0.117. The Morgan fingerprint density at radius 1 is 1.50 bits per heavy atom. The summed E-state index contributed by atoms with van der Waals surface area (Å²) in [4.78, 5) is 10.4. The van der Waals surface area contributed by atoms with Crippen molar-refractivity contribution in [3.8, 4) is 0 Å². The van der Waals surface area contributed by atoms with Crippen molar-refractivity contribution in [3.05, 3.63) is 0 Å². The normalized spacial score (nSPS) is 25.0. The van der Waals surface area contributed by atoms with E-state index in [1.54, 1.807) is 0 Å². The number of nitrogens with two attached hydrogens (primary N) is 1. The van der Waals surface area contributed by atoms with Crippen molar-refractivity contribution in [1.82, 2.24) is 5.32 Å². The molecule has 0 aromatic rings. The number of carbonyl (C=O) groups is 1. The Bertz CT molecular complexity index is 300. The lowest BCUT2D eigenvalue weighted by Gasteiger charge is -2.07. The molecule has 0 aliphatic carbocycles. The van der Waals surface area contributed by atoms with Crippen LogP contribution in [0.2, 0.25) is 0 Å². The smallest absolute Gasteiger partial charge is 0.218 e. The summed E-state index contributed by atoms with van der Waals surface area (Å²) in [6.07, 6.45) is 1.03. The molecule has 1 fully saturated rings. The van der Waals surface area contributed by atoms with Gasteiger partial charge in [0.1, 0.15) is 0 Å². The van der Waals surface area contributed by atoms with Crippen molar-refractivity contribution in [2.45, 2.75) is 12.8 Å². The zero-order valence-electron chi connectivity index (χ0n) is 8.03. The number of hydrogen-bond donors (Lipinski definition) is 2. The molecule has 1 aliphatic rings. The van der Waals surface area contributed by atoms with Crippen molar-refractivity contribution in [3.63, 3.8) is 0 Å². The highest BCUT2D eigenvalue weighted by molar-refractivity contribution is 7.91. The van der Waals surface area contributed by atoms with Gasteiger partial charge in [-0.05, 0) is 18.9 Å². The van der Waals surface area contributed by atoms with Gasteiger partial charge in [-0.15, -0.1) is 0 Å². The second-order valence-electron chi connectivity index (χ2n) is 3.69. The maximum Gasteiger partial charge on any atom is 0.218 e. The molecule has 1 unspecified atom stereocenters. The van der Waals surface area contributed by atoms with Gasteiger partial charge < -0.3 is 11.1 Å². The Morgan fingerprint density at radius 3 is 2.71 bits per heavy atom. The Hall–Kier alpha value is -0.620. The Labute approximate surface area is 84.0 Å². The van der Waals surface area contributed by atoms with E-state index in [-0.39, 0.29) is 17.6 Å². The molecule has 3 N–H and O–H groups in total. The third-order valence-corrected chi connectivity index (χ3v) is 4.14. The van der Waals surface area contributed by atoms with Crippen LogP contribution in [0.15, 0.2) is 0 Å². The third-order valence-electron chi connectivity index (χ3n) is 2.31. The number of primary amides is 1. The van der Waals surface area contributed by atoms with Gasteiger partial charge in [-0.1, -0.05) is 0 Å². The van der Waals surface area contributed by atoms with E-state index in [2.05, 4.69) is 5.32 Å². The predicted octanol–water partition coefficient (Wildman–Crippen LogP) is -1.11. The summed E-state index contributed by atoms with van der Waals surface area (Å²) >= 11 is 0. The molecular weight excluding hydrogens is 204 g/mol. The van der Waals surface area contributed by atoms with Gasteiger partial charge in [0.25, 0.3) is 0 Å². The lowest BCUT2D eigenvalue weighted by Crippen LogP contribution is -2.27. The fourth-order valence-corrected chi connectivity index (χ4v) is 3.41. The van der Waals surface area contributed by atoms with Gasteiger partial charge in [0.15, 0.2) is 9.84 Å². The summed E-state index contributed by atoms with van der Waals surface area (Å²) < 4.78 is 22.2. The van der Waals surface area contributed by atoms with E-state index in [0.29, 0.717) is 25.3 Å². The van der Waals surface area contributed by atoms with E-state index >= 15 is 0 Å². The molecule has 1 saturated heterocycles. The lowest BCUT2D eigenvalue weighted by atomic mass is 10.1. The fourth-order valence-electron chi connectivity index (χ4n) is 1.55. The fraction of sp³-hybridized carbons (Fsp3) is 0.875. The number of hydrogen-bond acceptors (Lipinski definition) is 4. The van der Waals surface area contributed by atoms with Crippen molar-refractivity contribution >= 4 is 15.7 Å². The molecule has 14 heavy (non-hydrogen) atoms. The molecule has 0 radical (unpaired) electrons. The van der Waals surface area contributed by atoms with Crippen LogP contribution < -0.4 is 11.1 Å². The Balaban J connectivity index is 2.12. The first-order chi connectivity index (χ1) is 6.49. The highest BCUT2D eigenvalue weighted by atomic mass is 32.2. The Morgan fingerprint density at radius 2 is 2.21 bits per heavy atom. The van der Waals surface area contributed by atoms with Crippen LogP contribution in [0.5, 0.6) is 0 Å². The summed E-state index contributed by atoms with van der Waals surface area (Å²) in [6.45, 7) is 1.19. The van der Waals surface area contributed by atoms with Crippen LogP contribution in [0.1, 0.15) is 12.8 Å². The molecule has 1 rings (SSSR count). The van der Waals surface area contributed by atoms with Crippen molar-refractivity contribution in [2.24, 2.45) is 11.7 Å². The second-order valence-corrected chi connectivity index (χ2v) is 5.92. The monoisotopic (exact) mass is 220 g/mol. The van der Waals surface area contributed by atoms with Crippen molar-refractivity contribution in [1.29, 1.82) is 0 Å². The highest BCUT2D eigenvalue weighted by Crippen LogP contribution is 2.17. The molecular formula is C8H16N2O3S. The predicted molar refractivity (Wildman–Crippen MR) is 53.4 cm³/mol. The number of nitrogens with one attached hydrogen (secondary N) is 1. The molecule has 0 bridgehead atoms. The molecule has 6 heteroatoms. The van der Waals surface area contributed by atoms with Crippen LogP contribution in [-0.4, -0.2) is 38.9 Å². The molecule has 0 aromatic carbocycles. The van der Waals surface area contributed by atoms with E-state index in [0.717, 1.165) is 6.42 Å². The van der Waals surface area contributed by atoms with Crippen LogP contribution in [0.25, 0.3) is 0 Å².